The fourth-order valence-electron chi connectivity index (χ4n) is 0. The molecule has 0 spiro atoms. The third kappa shape index (κ3) is 121. The zero-order chi connectivity index (χ0) is 10.2. The number of nitrogens with one attached hydrogen (secondary N) is 3. The Bertz CT molecular complexity index is 38.6. The van der Waals surface area contributed by atoms with Crippen LogP contribution in [0.5, 0.6) is 0 Å². The molecule has 13 heavy (non-hydrogen) atoms. The molecule has 0 aliphatic heterocycles. The third-order valence-corrected chi connectivity index (χ3v) is 0.335. The van der Waals surface area contributed by atoms with E-state index in [4.69, 9.17) is 32.5 Å². The van der Waals surface area contributed by atoms with E-state index in [1.165, 1.54) is 0 Å². The minimum Gasteiger partial charge on any atom is -0.676 e. The molecule has 87 valence electrons. The van der Waals surface area contributed by atoms with E-state index in [-0.39, 0.29) is 56.5 Å². The Balaban J connectivity index is -0.0000000450. The molecular weight excluding hydrogens is 226 g/mol. The maximum Gasteiger partial charge on any atom is 2.00 e. The van der Waals surface area contributed by atoms with Crippen molar-refractivity contribution in [3.05, 3.63) is 17.2 Å². The number of hydrogen-bond donors (Lipinski definition) is 3. The summed E-state index contributed by atoms with van der Waals surface area (Å²) in [4.78, 5) is 0. The van der Waals surface area contributed by atoms with E-state index in [2.05, 4.69) is 0 Å². The molecule has 0 aliphatic rings. The van der Waals surface area contributed by atoms with E-state index < -0.39 is 0 Å². The molecule has 0 amide bonds. The predicted molar refractivity (Wildman–Crippen MR) is 48.8 cm³/mol. The van der Waals surface area contributed by atoms with Crippen molar-refractivity contribution in [1.82, 2.24) is 0 Å². The fraction of sp³-hybridized carbons (Fsp3) is 1.00. The minimum absolute atomic E-state index is 0. The summed E-state index contributed by atoms with van der Waals surface area (Å²) in [6.07, 6.45) is 0. The van der Waals surface area contributed by atoms with Crippen LogP contribution in [0, 0.1) is 0 Å². The Morgan fingerprint density at radius 2 is 0.692 bits per heavy atom. The zero-order valence-corrected chi connectivity index (χ0v) is 8.33. The summed E-state index contributed by atoms with van der Waals surface area (Å²) < 4.78 is 0. The minimum atomic E-state index is -0.0139. The average molecular weight is 244 g/mol. The van der Waals surface area contributed by atoms with Crippen LogP contribution in [-0.4, -0.2) is 54.8 Å². The van der Waals surface area contributed by atoms with Crippen molar-refractivity contribution in [3.8, 4) is 0 Å². The summed E-state index contributed by atoms with van der Waals surface area (Å²) >= 11 is 0. The maximum absolute atomic E-state index is 7.69. The molecule has 0 fully saturated rings. The summed E-state index contributed by atoms with van der Waals surface area (Å²) in [5.41, 5.74) is 18.6. The second kappa shape index (κ2) is 39.6. The first-order valence-electron chi connectivity index (χ1n) is 3.51. The number of aliphatic hydroxyl groups excluding tert-OH is 3. The molecule has 0 bridgehead atoms. The third-order valence-electron chi connectivity index (χ3n) is 0.335. The number of rotatable bonds is 3. The van der Waals surface area contributed by atoms with Gasteiger partial charge in [0.2, 0.25) is 0 Å². The monoisotopic (exact) mass is 243 g/mol. The fourth-order valence-corrected chi connectivity index (χ4v) is 0. The van der Waals surface area contributed by atoms with E-state index in [9.17, 15) is 0 Å². The quantitative estimate of drug-likeness (QED) is 0.607. The van der Waals surface area contributed by atoms with Crippen molar-refractivity contribution in [2.45, 2.75) is 0 Å². The topological polar surface area (TPSA) is 132 Å². The van der Waals surface area contributed by atoms with E-state index in [1.54, 1.807) is 0 Å². The van der Waals surface area contributed by atoms with Crippen LogP contribution in [0.2, 0.25) is 0 Å². The van der Waals surface area contributed by atoms with Crippen molar-refractivity contribution in [2.75, 3.05) is 39.5 Å². The van der Waals surface area contributed by atoms with Crippen LogP contribution in [0.3, 0.4) is 0 Å². The Morgan fingerprint density at radius 3 is 0.692 bits per heavy atom. The Kier molecular flexibility index (Phi) is 70.9. The molecule has 0 heterocycles. The van der Waals surface area contributed by atoms with Gasteiger partial charge in [-0.15, -0.1) is 19.6 Å². The van der Waals surface area contributed by atoms with Crippen molar-refractivity contribution in [3.63, 3.8) is 0 Å². The summed E-state index contributed by atoms with van der Waals surface area (Å²) in [6, 6.07) is 0. The van der Waals surface area contributed by atoms with Crippen molar-refractivity contribution >= 4 is 0 Å². The van der Waals surface area contributed by atoms with Crippen molar-refractivity contribution < 1.29 is 32.4 Å². The molecule has 0 aromatic rings. The predicted octanol–water partition coefficient (Wildman–Crippen LogP) is 0.0902. The molecule has 0 aliphatic carbocycles. The summed E-state index contributed by atoms with van der Waals surface area (Å²) in [5, 5.41) is 23.1. The van der Waals surface area contributed by atoms with Crippen LogP contribution in [0.4, 0.5) is 0 Å². The van der Waals surface area contributed by atoms with Gasteiger partial charge >= 0.3 is 17.1 Å². The van der Waals surface area contributed by atoms with Gasteiger partial charge in [0.25, 0.3) is 0 Å². The first-order chi connectivity index (χ1) is 5.74. The number of aliphatic hydroxyl groups is 3. The van der Waals surface area contributed by atoms with Crippen LogP contribution in [0.15, 0.2) is 0 Å². The van der Waals surface area contributed by atoms with E-state index in [1.807, 2.05) is 0 Å². The molecule has 6 nitrogen and oxygen atoms in total. The summed E-state index contributed by atoms with van der Waals surface area (Å²) in [7, 11) is 0. The average Bonchev–Trinajstić information content (AvgIpc) is 2.18. The Hall–Kier alpha value is 0.279. The van der Waals surface area contributed by atoms with Gasteiger partial charge in [0, 0.05) is 19.8 Å². The molecule has 6 N–H and O–H groups in total. The zero-order valence-electron chi connectivity index (χ0n) is 7.39. The van der Waals surface area contributed by atoms with Crippen LogP contribution in [0.1, 0.15) is 0 Å². The van der Waals surface area contributed by atoms with Crippen molar-refractivity contribution in [2.24, 2.45) is 0 Å². The second-order valence-electron chi connectivity index (χ2n) is 1.42. The standard InChI is InChI=1S/3C2H6NO.Cu/c3*3-1-2-4;/h3*3-4H,1-2H2;/q3*-1;+2. The first kappa shape index (κ1) is 23.3. The SMILES string of the molecule is [Cu+2].[NH-]CCO.[NH-]CCO.[NH-]CCO. The molecule has 0 unspecified atom stereocenters. The van der Waals surface area contributed by atoms with E-state index >= 15 is 0 Å². The van der Waals surface area contributed by atoms with Gasteiger partial charge in [-0.05, 0) is 0 Å². The molecule has 7 heteroatoms. The molecular formula is C6H18CuN3O3-. The van der Waals surface area contributed by atoms with E-state index in [0.29, 0.717) is 0 Å². The van der Waals surface area contributed by atoms with Gasteiger partial charge in [0.15, 0.2) is 0 Å². The van der Waals surface area contributed by atoms with Crippen LogP contribution < -0.4 is 0 Å². The Morgan fingerprint density at radius 1 is 0.615 bits per heavy atom. The first-order valence-corrected chi connectivity index (χ1v) is 3.51. The van der Waals surface area contributed by atoms with Gasteiger partial charge in [-0.3, -0.25) is 0 Å². The second-order valence-corrected chi connectivity index (χ2v) is 1.42. The Labute approximate surface area is 89.6 Å². The van der Waals surface area contributed by atoms with Gasteiger partial charge < -0.3 is 32.5 Å². The van der Waals surface area contributed by atoms with Gasteiger partial charge in [-0.2, -0.15) is 0 Å². The normalized spacial score (nSPS) is 6.92. The van der Waals surface area contributed by atoms with Crippen LogP contribution >= 0.6 is 0 Å². The van der Waals surface area contributed by atoms with Crippen LogP contribution in [-0.2, 0) is 17.1 Å². The molecule has 0 aromatic carbocycles. The molecule has 1 radical (unpaired) electrons. The summed E-state index contributed by atoms with van der Waals surface area (Å²) in [6.45, 7) is 0.333. The molecule has 0 saturated carbocycles. The molecule has 0 saturated heterocycles. The maximum atomic E-state index is 7.69. The molecule has 0 rings (SSSR count). The molecule has 0 atom stereocenters. The number of hydrogen-bond acceptors (Lipinski definition) is 3. The smallest absolute Gasteiger partial charge is 0.676 e. The van der Waals surface area contributed by atoms with Gasteiger partial charge in [0.1, 0.15) is 0 Å². The van der Waals surface area contributed by atoms with Crippen LogP contribution in [0.25, 0.3) is 17.2 Å². The van der Waals surface area contributed by atoms with Gasteiger partial charge in [0.05, 0.1) is 0 Å². The van der Waals surface area contributed by atoms with E-state index in [0.717, 1.165) is 0 Å². The van der Waals surface area contributed by atoms with Gasteiger partial charge in [-0.25, -0.2) is 0 Å². The van der Waals surface area contributed by atoms with Crippen molar-refractivity contribution in [1.29, 1.82) is 0 Å². The van der Waals surface area contributed by atoms with Gasteiger partial charge in [-0.1, -0.05) is 0 Å². The summed E-state index contributed by atoms with van der Waals surface area (Å²) in [5.74, 6) is 0. The largest absolute Gasteiger partial charge is 2.00 e. The molecule has 0 aromatic heterocycles.